The summed E-state index contributed by atoms with van der Waals surface area (Å²) < 4.78 is 1.84. The van der Waals surface area contributed by atoms with E-state index in [4.69, 9.17) is 0 Å². The van der Waals surface area contributed by atoms with Gasteiger partial charge in [0, 0.05) is 13.5 Å². The maximum absolute atomic E-state index is 10.6. The van der Waals surface area contributed by atoms with Gasteiger partial charge in [-0.1, -0.05) is 0 Å². The Balaban J connectivity index is 3.29. The van der Waals surface area contributed by atoms with Gasteiger partial charge in [-0.3, -0.25) is 4.57 Å². The van der Waals surface area contributed by atoms with Crippen LogP contribution in [-0.2, 0) is 6.54 Å². The van der Waals surface area contributed by atoms with Crippen LogP contribution < -0.4 is 0 Å². The van der Waals surface area contributed by atoms with Crippen molar-refractivity contribution in [3.63, 3.8) is 0 Å². The van der Waals surface area contributed by atoms with Crippen LogP contribution in [0.3, 0.4) is 0 Å². The Morgan fingerprint density at radius 1 is 1.69 bits per heavy atom. The van der Waals surface area contributed by atoms with E-state index in [2.05, 4.69) is 4.98 Å². The summed E-state index contributed by atoms with van der Waals surface area (Å²) in [6.45, 7) is 4.43. The fourth-order valence-electron chi connectivity index (χ4n) is 1.22. The van der Waals surface area contributed by atoms with Crippen molar-refractivity contribution < 1.29 is 4.92 Å². The van der Waals surface area contributed by atoms with Crippen molar-refractivity contribution in [2.24, 2.45) is 0 Å². The Kier molecular flexibility index (Phi) is 2.92. The van der Waals surface area contributed by atoms with Gasteiger partial charge in [-0.25, -0.2) is 0 Å². The molecule has 72 valence electrons. The van der Waals surface area contributed by atoms with Crippen molar-refractivity contribution in [2.75, 3.05) is 6.26 Å². The lowest BCUT2D eigenvalue weighted by Crippen LogP contribution is -1.98. The Bertz CT molecular complexity index is 335. The molecule has 0 saturated carbocycles. The number of nitrogens with zero attached hydrogens (tertiary/aromatic N) is 3. The average molecular weight is 201 g/mol. The summed E-state index contributed by atoms with van der Waals surface area (Å²) in [6, 6.07) is 0. The van der Waals surface area contributed by atoms with Crippen LogP contribution in [0.25, 0.3) is 0 Å². The molecule has 13 heavy (non-hydrogen) atoms. The number of hydrogen-bond acceptors (Lipinski definition) is 4. The molecule has 1 aromatic rings. The minimum Gasteiger partial charge on any atom is -0.358 e. The molecule has 0 unspecified atom stereocenters. The highest BCUT2D eigenvalue weighted by molar-refractivity contribution is 7.98. The maximum Gasteiger partial charge on any atom is 0.396 e. The number of hydrogen-bond donors (Lipinski definition) is 0. The fraction of sp³-hybridized carbons (Fsp3) is 0.571. The van der Waals surface area contributed by atoms with Crippen LogP contribution in [0.1, 0.15) is 12.7 Å². The van der Waals surface area contributed by atoms with Crippen molar-refractivity contribution in [3.8, 4) is 0 Å². The first-order valence-electron chi connectivity index (χ1n) is 3.87. The van der Waals surface area contributed by atoms with Crippen LogP contribution >= 0.6 is 11.8 Å². The van der Waals surface area contributed by atoms with Crippen molar-refractivity contribution in [1.82, 2.24) is 9.55 Å². The monoisotopic (exact) mass is 201 g/mol. The summed E-state index contributed by atoms with van der Waals surface area (Å²) in [5, 5.41) is 11.2. The number of imidazole rings is 1. The SMILES string of the molecule is CCn1c(C)nc([N+](=O)[O-])c1SC. The molecule has 0 atom stereocenters. The highest BCUT2D eigenvalue weighted by Crippen LogP contribution is 2.27. The van der Waals surface area contributed by atoms with Gasteiger partial charge >= 0.3 is 5.82 Å². The van der Waals surface area contributed by atoms with Gasteiger partial charge in [0.2, 0.25) is 5.82 Å². The Labute approximate surface area is 80.3 Å². The van der Waals surface area contributed by atoms with Crippen LogP contribution in [-0.4, -0.2) is 20.7 Å². The molecule has 0 aromatic carbocycles. The molecule has 0 aliphatic rings. The van der Waals surface area contributed by atoms with Gasteiger partial charge in [-0.2, -0.15) is 0 Å². The number of thioether (sulfide) groups is 1. The molecule has 0 fully saturated rings. The highest BCUT2D eigenvalue weighted by Gasteiger charge is 2.23. The molecule has 1 aromatic heterocycles. The minimum absolute atomic E-state index is 0.0353. The molecule has 0 radical (unpaired) electrons. The van der Waals surface area contributed by atoms with Gasteiger partial charge in [0.1, 0.15) is 0 Å². The van der Waals surface area contributed by atoms with E-state index in [-0.39, 0.29) is 5.82 Å². The first-order valence-corrected chi connectivity index (χ1v) is 5.09. The summed E-state index contributed by atoms with van der Waals surface area (Å²) in [4.78, 5) is 14.0. The highest BCUT2D eigenvalue weighted by atomic mass is 32.2. The quantitative estimate of drug-likeness (QED) is 0.425. The number of nitro groups is 1. The van der Waals surface area contributed by atoms with Crippen LogP contribution in [0.15, 0.2) is 5.03 Å². The lowest BCUT2D eigenvalue weighted by atomic mass is 10.6. The number of rotatable bonds is 3. The largest absolute Gasteiger partial charge is 0.396 e. The predicted octanol–water partition coefficient (Wildman–Crippen LogP) is 1.84. The molecule has 1 rings (SSSR count). The van der Waals surface area contributed by atoms with Gasteiger partial charge in [-0.05, 0) is 23.1 Å². The van der Waals surface area contributed by atoms with E-state index in [1.165, 1.54) is 11.8 Å². The molecule has 1 heterocycles. The minimum atomic E-state index is -0.439. The summed E-state index contributed by atoms with van der Waals surface area (Å²) >= 11 is 1.35. The van der Waals surface area contributed by atoms with E-state index in [0.29, 0.717) is 17.4 Å². The zero-order chi connectivity index (χ0) is 10.0. The summed E-state index contributed by atoms with van der Waals surface area (Å²) in [6.07, 6.45) is 1.82. The standard InChI is InChI=1S/C7H11N3O2S/c1-4-9-5(2)8-6(10(11)12)7(9)13-3/h4H2,1-3H3. The molecular formula is C7H11N3O2S. The van der Waals surface area contributed by atoms with Crippen LogP contribution in [0.5, 0.6) is 0 Å². The first-order chi connectivity index (χ1) is 6.11. The number of aromatic nitrogens is 2. The van der Waals surface area contributed by atoms with E-state index < -0.39 is 4.92 Å². The van der Waals surface area contributed by atoms with E-state index in [9.17, 15) is 10.1 Å². The van der Waals surface area contributed by atoms with Crippen LogP contribution in [0.4, 0.5) is 5.82 Å². The predicted molar refractivity (Wildman–Crippen MR) is 51.1 cm³/mol. The van der Waals surface area contributed by atoms with Crippen LogP contribution in [0.2, 0.25) is 0 Å². The molecule has 6 heteroatoms. The summed E-state index contributed by atoms with van der Waals surface area (Å²) in [5.41, 5.74) is 0. The second-order valence-corrected chi connectivity index (χ2v) is 3.29. The average Bonchev–Trinajstić information content (AvgIpc) is 2.41. The molecule has 0 spiro atoms. The van der Waals surface area contributed by atoms with E-state index in [1.54, 1.807) is 6.92 Å². The van der Waals surface area contributed by atoms with Crippen LogP contribution in [0, 0.1) is 17.0 Å². The van der Waals surface area contributed by atoms with Crippen molar-refractivity contribution in [1.29, 1.82) is 0 Å². The lowest BCUT2D eigenvalue weighted by Gasteiger charge is -2.00. The number of aryl methyl sites for hydroxylation is 1. The van der Waals surface area contributed by atoms with E-state index in [1.807, 2.05) is 17.7 Å². The van der Waals surface area contributed by atoms with Crippen molar-refractivity contribution >= 4 is 17.6 Å². The molecule has 0 aliphatic heterocycles. The van der Waals surface area contributed by atoms with E-state index >= 15 is 0 Å². The Morgan fingerprint density at radius 2 is 2.31 bits per heavy atom. The zero-order valence-electron chi connectivity index (χ0n) is 7.77. The molecule has 0 N–H and O–H groups in total. The normalized spacial score (nSPS) is 10.4. The molecular weight excluding hydrogens is 190 g/mol. The second-order valence-electron chi connectivity index (χ2n) is 2.49. The lowest BCUT2D eigenvalue weighted by molar-refractivity contribution is -0.392. The first kappa shape index (κ1) is 10.0. The third kappa shape index (κ3) is 1.67. The van der Waals surface area contributed by atoms with Gasteiger partial charge in [0.15, 0.2) is 5.03 Å². The van der Waals surface area contributed by atoms with Crippen molar-refractivity contribution in [2.45, 2.75) is 25.4 Å². The van der Waals surface area contributed by atoms with Gasteiger partial charge in [0.05, 0.1) is 0 Å². The van der Waals surface area contributed by atoms with E-state index in [0.717, 1.165) is 0 Å². The molecule has 0 aliphatic carbocycles. The molecule has 0 saturated heterocycles. The maximum atomic E-state index is 10.6. The Hall–Kier alpha value is -1.04. The van der Waals surface area contributed by atoms with Gasteiger partial charge < -0.3 is 10.1 Å². The Morgan fingerprint density at radius 3 is 2.69 bits per heavy atom. The topological polar surface area (TPSA) is 61.0 Å². The third-order valence-corrected chi connectivity index (χ3v) is 2.57. The van der Waals surface area contributed by atoms with Gasteiger partial charge in [0.25, 0.3) is 0 Å². The molecule has 0 amide bonds. The van der Waals surface area contributed by atoms with Crippen molar-refractivity contribution in [3.05, 3.63) is 15.9 Å². The zero-order valence-corrected chi connectivity index (χ0v) is 8.59. The second kappa shape index (κ2) is 3.78. The fourth-order valence-corrected chi connectivity index (χ4v) is 2.01. The molecule has 5 nitrogen and oxygen atoms in total. The summed E-state index contributed by atoms with van der Waals surface area (Å²) in [5.74, 6) is 0.658. The smallest absolute Gasteiger partial charge is 0.358 e. The summed E-state index contributed by atoms with van der Waals surface area (Å²) in [7, 11) is 0. The molecule has 0 bridgehead atoms. The third-order valence-electron chi connectivity index (χ3n) is 1.78. The van der Waals surface area contributed by atoms with Gasteiger partial charge in [-0.15, -0.1) is 11.8 Å².